The van der Waals surface area contributed by atoms with E-state index >= 15 is 0 Å². The average molecular weight is 264 g/mol. The third-order valence-electron chi connectivity index (χ3n) is 2.39. The molecule has 0 bridgehead atoms. The van der Waals surface area contributed by atoms with E-state index in [-0.39, 0.29) is 11.3 Å². The number of nitrogens with zero attached hydrogens (tertiary/aromatic N) is 2. The third-order valence-corrected chi connectivity index (χ3v) is 2.71. The minimum Gasteiger partial charge on any atom is -0.548 e. The van der Waals surface area contributed by atoms with E-state index in [2.05, 4.69) is 10.2 Å². The number of ether oxygens (including phenoxy) is 1. The van der Waals surface area contributed by atoms with Gasteiger partial charge in [0.1, 0.15) is 5.75 Å². The highest BCUT2D eigenvalue weighted by atomic mass is 32.1. The van der Waals surface area contributed by atoms with Gasteiger partial charge in [0, 0.05) is 5.56 Å². The summed E-state index contributed by atoms with van der Waals surface area (Å²) in [6.07, 6.45) is 0. The number of aromatic nitrogens is 3. The van der Waals surface area contributed by atoms with Gasteiger partial charge in [0.15, 0.2) is 10.6 Å². The zero-order valence-corrected chi connectivity index (χ0v) is 10.4. The summed E-state index contributed by atoms with van der Waals surface area (Å²) in [5.41, 5.74) is 0.740. The van der Waals surface area contributed by atoms with Crippen LogP contribution in [0.4, 0.5) is 0 Å². The van der Waals surface area contributed by atoms with Gasteiger partial charge in [-0.3, -0.25) is 9.67 Å². The van der Waals surface area contributed by atoms with E-state index in [0.717, 1.165) is 5.56 Å². The summed E-state index contributed by atoms with van der Waals surface area (Å²) in [4.78, 5) is 10.7. The number of aromatic amines is 1. The number of carbonyl (C=O) groups excluding carboxylic acids is 1. The summed E-state index contributed by atoms with van der Waals surface area (Å²) in [7, 11) is 1.57. The van der Waals surface area contributed by atoms with Gasteiger partial charge in [0.05, 0.1) is 19.6 Å². The van der Waals surface area contributed by atoms with Gasteiger partial charge in [-0.1, -0.05) is 0 Å². The number of H-pyrrole nitrogens is 1. The van der Waals surface area contributed by atoms with Crippen molar-refractivity contribution in [2.75, 3.05) is 7.11 Å². The van der Waals surface area contributed by atoms with Gasteiger partial charge in [0.25, 0.3) is 0 Å². The van der Waals surface area contributed by atoms with Crippen molar-refractivity contribution in [1.82, 2.24) is 14.8 Å². The van der Waals surface area contributed by atoms with Crippen LogP contribution in [0.5, 0.6) is 5.75 Å². The zero-order chi connectivity index (χ0) is 13.1. The molecule has 0 unspecified atom stereocenters. The number of methoxy groups -OCH3 is 1. The monoisotopic (exact) mass is 264 g/mol. The SMILES string of the molecule is COc1ccc(-c2n[nH]c(=S)n2CC(=O)[O-])cc1. The van der Waals surface area contributed by atoms with Crippen LogP contribution in [0, 0.1) is 4.77 Å². The number of carboxylic acid groups (broad SMARTS) is 1. The molecule has 94 valence electrons. The Morgan fingerprint density at radius 1 is 1.50 bits per heavy atom. The summed E-state index contributed by atoms with van der Waals surface area (Å²) in [6, 6.07) is 7.07. The molecule has 0 aliphatic rings. The first-order valence-electron chi connectivity index (χ1n) is 5.11. The smallest absolute Gasteiger partial charge is 0.195 e. The predicted molar refractivity (Wildman–Crippen MR) is 64.4 cm³/mol. The van der Waals surface area contributed by atoms with E-state index in [1.165, 1.54) is 4.57 Å². The molecule has 0 aliphatic carbocycles. The highest BCUT2D eigenvalue weighted by molar-refractivity contribution is 7.71. The molecule has 0 saturated carbocycles. The Hall–Kier alpha value is -2.15. The molecule has 0 aliphatic heterocycles. The topological polar surface area (TPSA) is 83.0 Å². The number of aliphatic carboxylic acids is 1. The molecule has 0 amide bonds. The van der Waals surface area contributed by atoms with Crippen LogP contribution in [0.2, 0.25) is 0 Å². The van der Waals surface area contributed by atoms with E-state index in [4.69, 9.17) is 17.0 Å². The maximum Gasteiger partial charge on any atom is 0.195 e. The van der Waals surface area contributed by atoms with E-state index in [0.29, 0.717) is 11.6 Å². The predicted octanol–water partition coefficient (Wildman–Crippen LogP) is 0.366. The first kappa shape index (κ1) is 12.3. The Morgan fingerprint density at radius 3 is 2.72 bits per heavy atom. The molecule has 6 nitrogen and oxygen atoms in total. The van der Waals surface area contributed by atoms with E-state index in [1.54, 1.807) is 31.4 Å². The molecule has 0 atom stereocenters. The lowest BCUT2D eigenvalue weighted by atomic mass is 10.2. The zero-order valence-electron chi connectivity index (χ0n) is 9.54. The van der Waals surface area contributed by atoms with Crippen LogP contribution in [0.25, 0.3) is 11.4 Å². The van der Waals surface area contributed by atoms with Gasteiger partial charge >= 0.3 is 0 Å². The van der Waals surface area contributed by atoms with E-state index in [1.807, 2.05) is 0 Å². The molecule has 1 aromatic heterocycles. The lowest BCUT2D eigenvalue weighted by Crippen LogP contribution is -2.27. The first-order valence-corrected chi connectivity index (χ1v) is 5.52. The average Bonchev–Trinajstić information content (AvgIpc) is 2.71. The fourth-order valence-electron chi connectivity index (χ4n) is 1.55. The molecule has 0 radical (unpaired) electrons. The molecule has 7 heteroatoms. The van der Waals surface area contributed by atoms with Gasteiger partial charge < -0.3 is 14.6 Å². The minimum absolute atomic E-state index is 0.241. The van der Waals surface area contributed by atoms with Crippen molar-refractivity contribution in [3.8, 4) is 17.1 Å². The highest BCUT2D eigenvalue weighted by Crippen LogP contribution is 2.20. The molecule has 2 rings (SSSR count). The van der Waals surface area contributed by atoms with Crippen LogP contribution < -0.4 is 9.84 Å². The molecule has 0 spiro atoms. The van der Waals surface area contributed by atoms with Gasteiger partial charge in [-0.05, 0) is 36.5 Å². The molecular formula is C11H10N3O3S-. The maximum atomic E-state index is 10.7. The molecule has 2 aromatic rings. The number of rotatable bonds is 4. The van der Waals surface area contributed by atoms with Crippen molar-refractivity contribution in [1.29, 1.82) is 0 Å². The van der Waals surface area contributed by atoms with Crippen molar-refractivity contribution < 1.29 is 14.6 Å². The second-order valence-electron chi connectivity index (χ2n) is 3.54. The molecule has 18 heavy (non-hydrogen) atoms. The number of carboxylic acids is 1. The number of nitrogens with one attached hydrogen (secondary N) is 1. The Bertz CT molecular complexity index is 615. The Labute approximate surface area is 108 Å². The maximum absolute atomic E-state index is 10.7. The normalized spacial score (nSPS) is 10.3. The third kappa shape index (κ3) is 2.40. The number of carbonyl (C=O) groups is 1. The van der Waals surface area contributed by atoms with E-state index < -0.39 is 5.97 Å². The number of hydrogen-bond acceptors (Lipinski definition) is 5. The van der Waals surface area contributed by atoms with Crippen LogP contribution in [0.1, 0.15) is 0 Å². The van der Waals surface area contributed by atoms with Crippen molar-refractivity contribution in [2.45, 2.75) is 6.54 Å². The van der Waals surface area contributed by atoms with Crippen LogP contribution in [0.3, 0.4) is 0 Å². The van der Waals surface area contributed by atoms with E-state index in [9.17, 15) is 9.90 Å². The van der Waals surface area contributed by atoms with Crippen LogP contribution in [0.15, 0.2) is 24.3 Å². The number of hydrogen-bond donors (Lipinski definition) is 1. The second-order valence-corrected chi connectivity index (χ2v) is 3.93. The molecular weight excluding hydrogens is 254 g/mol. The summed E-state index contributed by atoms with van der Waals surface area (Å²) < 4.78 is 6.65. The largest absolute Gasteiger partial charge is 0.548 e. The van der Waals surface area contributed by atoms with Crippen molar-refractivity contribution in [3.05, 3.63) is 29.0 Å². The first-order chi connectivity index (χ1) is 8.61. The summed E-state index contributed by atoms with van der Waals surface area (Å²) in [5, 5.41) is 17.2. The van der Waals surface area contributed by atoms with Crippen molar-refractivity contribution in [3.63, 3.8) is 0 Å². The van der Waals surface area contributed by atoms with Crippen LogP contribution in [-0.2, 0) is 11.3 Å². The van der Waals surface area contributed by atoms with Crippen molar-refractivity contribution >= 4 is 18.2 Å². The molecule has 0 fully saturated rings. The quantitative estimate of drug-likeness (QED) is 0.806. The summed E-state index contributed by atoms with van der Waals surface area (Å²) >= 11 is 4.97. The minimum atomic E-state index is -1.22. The Balaban J connectivity index is 2.43. The fourth-order valence-corrected chi connectivity index (χ4v) is 1.75. The summed E-state index contributed by atoms with van der Waals surface area (Å²) in [6.45, 7) is -0.337. The Kier molecular flexibility index (Phi) is 3.42. The standard InChI is InChI=1S/C11H11N3O3S/c1-17-8-4-2-7(3-5-8)10-12-13-11(18)14(10)6-9(15)16/h2-5H,6H2,1H3,(H,13,18)(H,15,16)/p-1. The lowest BCUT2D eigenvalue weighted by molar-refractivity contribution is -0.306. The number of benzene rings is 1. The second kappa shape index (κ2) is 5.01. The van der Waals surface area contributed by atoms with Crippen LogP contribution in [-0.4, -0.2) is 27.8 Å². The Morgan fingerprint density at radius 2 is 2.17 bits per heavy atom. The molecule has 1 N–H and O–H groups in total. The molecule has 0 saturated heterocycles. The molecule has 1 aromatic carbocycles. The van der Waals surface area contributed by atoms with Gasteiger partial charge in [-0.15, -0.1) is 0 Å². The molecule has 1 heterocycles. The highest BCUT2D eigenvalue weighted by Gasteiger charge is 2.08. The van der Waals surface area contributed by atoms with Crippen LogP contribution >= 0.6 is 12.2 Å². The van der Waals surface area contributed by atoms with Gasteiger partial charge in [0.2, 0.25) is 0 Å². The lowest BCUT2D eigenvalue weighted by Gasteiger charge is -2.07. The fraction of sp³-hybridized carbons (Fsp3) is 0.182. The van der Waals surface area contributed by atoms with Gasteiger partial charge in [-0.2, -0.15) is 5.10 Å². The van der Waals surface area contributed by atoms with Gasteiger partial charge in [-0.25, -0.2) is 0 Å². The summed E-state index contributed by atoms with van der Waals surface area (Å²) in [5.74, 6) is -0.0616. The van der Waals surface area contributed by atoms with Crippen molar-refractivity contribution in [2.24, 2.45) is 0 Å².